The van der Waals surface area contributed by atoms with Crippen molar-refractivity contribution >= 4 is 21.4 Å². The lowest BCUT2D eigenvalue weighted by Gasteiger charge is -2.07. The van der Waals surface area contributed by atoms with E-state index >= 15 is 0 Å². The third-order valence-electron chi connectivity index (χ3n) is 2.18. The molecule has 3 N–H and O–H groups in total. The summed E-state index contributed by atoms with van der Waals surface area (Å²) in [5, 5.41) is 18.0. The van der Waals surface area contributed by atoms with Crippen LogP contribution in [0.25, 0.3) is 0 Å². The molecule has 7 nitrogen and oxygen atoms in total. The molecule has 0 fully saturated rings. The van der Waals surface area contributed by atoms with Crippen molar-refractivity contribution in [2.45, 2.75) is 6.92 Å². The number of nitrogens with two attached hydrogens (primary N) is 1. The summed E-state index contributed by atoms with van der Waals surface area (Å²) in [5.41, 5.74) is -0.172. The van der Waals surface area contributed by atoms with Crippen LogP contribution >= 0.6 is 0 Å². The number of nitro benzene ring substituents is 1. The average Bonchev–Trinajstić information content (AvgIpc) is 2.20. The van der Waals surface area contributed by atoms with Gasteiger partial charge in [0, 0.05) is 6.54 Å². The van der Waals surface area contributed by atoms with Crippen LogP contribution in [0.15, 0.2) is 12.1 Å². The number of hydrogen-bond acceptors (Lipinski definition) is 5. The van der Waals surface area contributed by atoms with Gasteiger partial charge in [-0.15, -0.1) is 0 Å². The lowest BCUT2D eigenvalue weighted by atomic mass is 10.2. The molecule has 0 unspecified atom stereocenters. The number of aryl methyl sites for hydroxylation is 1. The predicted molar refractivity (Wildman–Crippen MR) is 64.3 cm³/mol. The molecule has 0 aliphatic rings. The molecule has 9 heteroatoms. The van der Waals surface area contributed by atoms with Gasteiger partial charge in [-0.1, -0.05) is 0 Å². The predicted octanol–water partition coefficient (Wildman–Crippen LogP) is 0.743. The molecule has 1 aromatic carbocycles. The van der Waals surface area contributed by atoms with Gasteiger partial charge in [-0.25, -0.2) is 17.9 Å². The average molecular weight is 277 g/mol. The molecule has 0 radical (unpaired) electrons. The number of nitrogens with zero attached hydrogens (tertiary/aromatic N) is 1. The Labute approximate surface area is 103 Å². The standard InChI is InChI=1S/C9H12FN3O4S/c1-6-4-8(12-2-3-18(11,16)17)9(13(14)15)5-7(6)10/h4-5,12H,2-3H2,1H3,(H2,11,16,17). The van der Waals surface area contributed by atoms with Gasteiger partial charge in [0.2, 0.25) is 10.0 Å². The third-order valence-corrected chi connectivity index (χ3v) is 2.95. The molecule has 0 aliphatic heterocycles. The molecule has 0 atom stereocenters. The van der Waals surface area contributed by atoms with E-state index < -0.39 is 26.5 Å². The monoisotopic (exact) mass is 277 g/mol. The maximum atomic E-state index is 13.2. The Bertz CT molecular complexity index is 573. The lowest BCUT2D eigenvalue weighted by Crippen LogP contribution is -2.22. The highest BCUT2D eigenvalue weighted by Crippen LogP contribution is 2.27. The third kappa shape index (κ3) is 3.93. The van der Waals surface area contributed by atoms with Crippen LogP contribution in [0.5, 0.6) is 0 Å². The summed E-state index contributed by atoms with van der Waals surface area (Å²) >= 11 is 0. The van der Waals surface area contributed by atoms with Crippen molar-refractivity contribution < 1.29 is 17.7 Å². The van der Waals surface area contributed by atoms with Crippen LogP contribution in [-0.4, -0.2) is 25.6 Å². The quantitative estimate of drug-likeness (QED) is 0.608. The van der Waals surface area contributed by atoms with Crippen LogP contribution in [0, 0.1) is 22.9 Å². The van der Waals surface area contributed by atoms with Gasteiger partial charge in [-0.3, -0.25) is 10.1 Å². The first-order valence-electron chi connectivity index (χ1n) is 4.89. The number of primary sulfonamides is 1. The highest BCUT2D eigenvalue weighted by atomic mass is 32.2. The summed E-state index contributed by atoms with van der Waals surface area (Å²) in [6.45, 7) is 1.36. The van der Waals surface area contributed by atoms with Crippen molar-refractivity contribution in [3.63, 3.8) is 0 Å². The number of hydrogen-bond donors (Lipinski definition) is 2. The van der Waals surface area contributed by atoms with Gasteiger partial charge >= 0.3 is 0 Å². The van der Waals surface area contributed by atoms with Crippen LogP contribution in [-0.2, 0) is 10.0 Å². The minimum Gasteiger partial charge on any atom is -0.378 e. The number of benzene rings is 1. The number of nitro groups is 1. The van der Waals surface area contributed by atoms with E-state index in [9.17, 15) is 22.9 Å². The van der Waals surface area contributed by atoms with Crippen molar-refractivity contribution in [1.82, 2.24) is 0 Å². The molecule has 0 saturated heterocycles. The molecule has 0 aromatic heterocycles. The lowest BCUT2D eigenvalue weighted by molar-refractivity contribution is -0.384. The topological polar surface area (TPSA) is 115 Å². The molecular formula is C9H12FN3O4S. The van der Waals surface area contributed by atoms with E-state index in [1.807, 2.05) is 0 Å². The molecule has 1 aromatic rings. The summed E-state index contributed by atoms with van der Waals surface area (Å²) in [7, 11) is -3.65. The van der Waals surface area contributed by atoms with Gasteiger partial charge in [0.15, 0.2) is 0 Å². The van der Waals surface area contributed by atoms with Gasteiger partial charge in [-0.2, -0.15) is 0 Å². The molecule has 1 rings (SSSR count). The normalized spacial score (nSPS) is 11.3. The number of nitrogens with one attached hydrogen (secondary N) is 1. The highest BCUT2D eigenvalue weighted by Gasteiger charge is 2.17. The zero-order valence-corrected chi connectivity index (χ0v) is 10.3. The first-order chi connectivity index (χ1) is 8.20. The first-order valence-corrected chi connectivity index (χ1v) is 6.61. The van der Waals surface area contributed by atoms with Gasteiger partial charge in [0.25, 0.3) is 5.69 Å². The van der Waals surface area contributed by atoms with Crippen LogP contribution < -0.4 is 10.5 Å². The van der Waals surface area contributed by atoms with E-state index in [1.165, 1.54) is 13.0 Å². The van der Waals surface area contributed by atoms with E-state index in [-0.39, 0.29) is 23.5 Å². The molecule has 0 spiro atoms. The number of sulfonamides is 1. The fourth-order valence-corrected chi connectivity index (χ4v) is 1.68. The summed E-state index contributed by atoms with van der Waals surface area (Å²) in [6, 6.07) is 2.03. The second kappa shape index (κ2) is 5.27. The van der Waals surface area contributed by atoms with Gasteiger partial charge in [0.1, 0.15) is 11.5 Å². The van der Waals surface area contributed by atoms with E-state index in [2.05, 4.69) is 5.32 Å². The molecule has 0 bridgehead atoms. The van der Waals surface area contributed by atoms with Gasteiger partial charge in [0.05, 0.1) is 16.7 Å². The van der Waals surface area contributed by atoms with Gasteiger partial charge < -0.3 is 5.32 Å². The second-order valence-electron chi connectivity index (χ2n) is 3.67. The van der Waals surface area contributed by atoms with E-state index in [0.717, 1.165) is 6.07 Å². The first kappa shape index (κ1) is 14.3. The second-order valence-corrected chi connectivity index (χ2v) is 5.40. The van der Waals surface area contributed by atoms with E-state index in [0.29, 0.717) is 0 Å². The molecule has 0 heterocycles. The molecule has 0 saturated carbocycles. The molecular weight excluding hydrogens is 265 g/mol. The minimum atomic E-state index is -3.65. The Morgan fingerprint density at radius 1 is 1.50 bits per heavy atom. The minimum absolute atomic E-state index is 0.0579. The van der Waals surface area contributed by atoms with Crippen LogP contribution in [0.1, 0.15) is 5.56 Å². The largest absolute Gasteiger partial charge is 0.378 e. The fraction of sp³-hybridized carbons (Fsp3) is 0.333. The fourth-order valence-electron chi connectivity index (χ4n) is 1.29. The zero-order valence-electron chi connectivity index (χ0n) is 9.51. The summed E-state index contributed by atoms with van der Waals surface area (Å²) in [4.78, 5) is 9.95. The van der Waals surface area contributed by atoms with Gasteiger partial charge in [-0.05, 0) is 18.6 Å². The maximum Gasteiger partial charge on any atom is 0.295 e. The Morgan fingerprint density at radius 2 is 2.11 bits per heavy atom. The molecule has 0 amide bonds. The summed E-state index contributed by atoms with van der Waals surface area (Å²) < 4.78 is 34.6. The molecule has 100 valence electrons. The Kier molecular flexibility index (Phi) is 4.19. The summed E-state index contributed by atoms with van der Waals surface area (Å²) in [5.74, 6) is -1.07. The summed E-state index contributed by atoms with van der Waals surface area (Å²) in [6.07, 6.45) is 0. The Morgan fingerprint density at radius 3 is 2.61 bits per heavy atom. The van der Waals surface area contributed by atoms with Crippen molar-refractivity contribution in [3.05, 3.63) is 33.6 Å². The molecule has 18 heavy (non-hydrogen) atoms. The van der Waals surface area contributed by atoms with E-state index in [1.54, 1.807) is 0 Å². The number of anilines is 1. The zero-order chi connectivity index (χ0) is 13.9. The van der Waals surface area contributed by atoms with Crippen molar-refractivity contribution in [2.24, 2.45) is 5.14 Å². The van der Waals surface area contributed by atoms with Crippen molar-refractivity contribution in [1.29, 1.82) is 0 Å². The number of rotatable bonds is 5. The van der Waals surface area contributed by atoms with Crippen molar-refractivity contribution in [2.75, 3.05) is 17.6 Å². The number of halogens is 1. The van der Waals surface area contributed by atoms with E-state index in [4.69, 9.17) is 5.14 Å². The Hall–Kier alpha value is -1.74. The molecule has 0 aliphatic carbocycles. The van der Waals surface area contributed by atoms with Crippen molar-refractivity contribution in [3.8, 4) is 0 Å². The Balaban J connectivity index is 2.94. The van der Waals surface area contributed by atoms with Crippen LogP contribution in [0.2, 0.25) is 0 Å². The maximum absolute atomic E-state index is 13.2. The van der Waals surface area contributed by atoms with Crippen LogP contribution in [0.4, 0.5) is 15.8 Å². The SMILES string of the molecule is Cc1cc(NCCS(N)(=O)=O)c([N+](=O)[O-])cc1F. The van der Waals surface area contributed by atoms with Crippen LogP contribution in [0.3, 0.4) is 0 Å². The smallest absolute Gasteiger partial charge is 0.295 e. The highest BCUT2D eigenvalue weighted by molar-refractivity contribution is 7.89.